The van der Waals surface area contributed by atoms with Crippen molar-refractivity contribution in [3.05, 3.63) is 65.8 Å². The first-order valence-corrected chi connectivity index (χ1v) is 11.4. The van der Waals surface area contributed by atoms with E-state index in [0.29, 0.717) is 28.9 Å². The van der Waals surface area contributed by atoms with Gasteiger partial charge in [-0.05, 0) is 57.7 Å². The number of fused-ring (bicyclic) bond motifs is 1. The van der Waals surface area contributed by atoms with E-state index in [1.807, 2.05) is 37.0 Å². The molecule has 0 aromatic carbocycles. The van der Waals surface area contributed by atoms with Crippen molar-refractivity contribution < 1.29 is 14.2 Å². The smallest absolute Gasteiger partial charge is 0.148 e. The van der Waals surface area contributed by atoms with Gasteiger partial charge in [0.05, 0.1) is 36.4 Å². The SMILES string of the molecule is Cc1c(-c2cc(O[C@H](C)c3ccc(F)cn3)c3c(C#N)cnn3c2)cnn1[C@H]1CCC[C@H](O)C1. The monoisotopic (exact) mass is 460 g/mol. The summed E-state index contributed by atoms with van der Waals surface area (Å²) in [5.41, 5.74) is 4.28. The molecule has 0 bridgehead atoms. The molecule has 1 aliphatic rings. The molecule has 0 radical (unpaired) electrons. The highest BCUT2D eigenvalue weighted by Gasteiger charge is 2.25. The van der Waals surface area contributed by atoms with Crippen molar-refractivity contribution in [2.45, 2.75) is 57.8 Å². The summed E-state index contributed by atoms with van der Waals surface area (Å²) in [6.45, 7) is 3.84. The summed E-state index contributed by atoms with van der Waals surface area (Å²) in [7, 11) is 0. The summed E-state index contributed by atoms with van der Waals surface area (Å²) in [4.78, 5) is 4.12. The standard InChI is InChI=1S/C25H25FN6O2/c1-15-22(13-30-32(15)20-4-3-5-21(33)9-20)17-8-24(25-18(10-27)11-29-31(25)14-17)34-16(2)23-7-6-19(26)12-28-23/h6-8,11-14,16,20-21,33H,3-5,9H2,1-2H3/t16-,20+,21+/m1/s1. The first kappa shape index (κ1) is 22.0. The molecule has 174 valence electrons. The average Bonchev–Trinajstić information content (AvgIpc) is 3.42. The molecule has 4 heterocycles. The minimum absolute atomic E-state index is 0.163. The van der Waals surface area contributed by atoms with Crippen LogP contribution in [0.2, 0.25) is 0 Å². The second kappa shape index (κ2) is 8.88. The number of hydrogen-bond acceptors (Lipinski definition) is 6. The molecule has 5 rings (SSSR count). The highest BCUT2D eigenvalue weighted by atomic mass is 19.1. The van der Waals surface area contributed by atoms with Gasteiger partial charge in [0.1, 0.15) is 34.8 Å². The summed E-state index contributed by atoms with van der Waals surface area (Å²) >= 11 is 0. The first-order valence-electron chi connectivity index (χ1n) is 11.4. The van der Waals surface area contributed by atoms with Crippen molar-refractivity contribution in [3.8, 4) is 22.9 Å². The van der Waals surface area contributed by atoms with Gasteiger partial charge in [0.25, 0.3) is 0 Å². The molecule has 0 unspecified atom stereocenters. The molecule has 1 N–H and O–H groups in total. The topological polar surface area (TPSA) is 101 Å². The second-order valence-electron chi connectivity index (χ2n) is 8.78. The Morgan fingerprint density at radius 1 is 1.24 bits per heavy atom. The van der Waals surface area contributed by atoms with Crippen LogP contribution in [-0.4, -0.2) is 35.6 Å². The summed E-state index contributed by atoms with van der Waals surface area (Å²) in [5.74, 6) is 0.0614. The van der Waals surface area contributed by atoms with Crippen LogP contribution in [0.5, 0.6) is 5.75 Å². The van der Waals surface area contributed by atoms with Gasteiger partial charge in [-0.2, -0.15) is 15.5 Å². The molecule has 4 aromatic heterocycles. The number of nitriles is 1. The number of aliphatic hydroxyl groups excluding tert-OH is 1. The number of aromatic nitrogens is 5. The fourth-order valence-electron chi connectivity index (χ4n) is 4.72. The quantitative estimate of drug-likeness (QED) is 0.470. The van der Waals surface area contributed by atoms with Gasteiger partial charge in [0.2, 0.25) is 0 Å². The van der Waals surface area contributed by atoms with E-state index in [9.17, 15) is 14.8 Å². The fourth-order valence-corrected chi connectivity index (χ4v) is 4.72. The van der Waals surface area contributed by atoms with Crippen LogP contribution in [0, 0.1) is 24.1 Å². The molecule has 8 nitrogen and oxygen atoms in total. The van der Waals surface area contributed by atoms with E-state index in [-0.39, 0.29) is 12.1 Å². The lowest BCUT2D eigenvalue weighted by atomic mass is 9.93. The minimum atomic E-state index is -0.478. The predicted octanol–water partition coefficient (Wildman–Crippen LogP) is 4.53. The van der Waals surface area contributed by atoms with Crippen LogP contribution in [-0.2, 0) is 0 Å². The zero-order valence-corrected chi connectivity index (χ0v) is 19.0. The second-order valence-corrected chi connectivity index (χ2v) is 8.78. The Morgan fingerprint density at radius 2 is 2.09 bits per heavy atom. The molecular weight excluding hydrogens is 435 g/mol. The predicted molar refractivity (Wildman–Crippen MR) is 123 cm³/mol. The van der Waals surface area contributed by atoms with E-state index in [1.165, 1.54) is 12.3 Å². The Balaban J connectivity index is 1.54. The number of ether oxygens (including phenoxy) is 1. The van der Waals surface area contributed by atoms with Crippen LogP contribution in [0.25, 0.3) is 16.6 Å². The van der Waals surface area contributed by atoms with Gasteiger partial charge in [-0.1, -0.05) is 0 Å². The molecule has 0 saturated heterocycles. The van der Waals surface area contributed by atoms with Gasteiger partial charge in [-0.15, -0.1) is 0 Å². The lowest BCUT2D eigenvalue weighted by Crippen LogP contribution is -2.23. The van der Waals surface area contributed by atoms with E-state index in [4.69, 9.17) is 4.74 Å². The van der Waals surface area contributed by atoms with Gasteiger partial charge in [-0.25, -0.2) is 8.91 Å². The van der Waals surface area contributed by atoms with E-state index >= 15 is 0 Å². The zero-order valence-electron chi connectivity index (χ0n) is 19.0. The van der Waals surface area contributed by atoms with Crippen LogP contribution in [0.1, 0.15) is 61.7 Å². The van der Waals surface area contributed by atoms with Crippen molar-refractivity contribution in [2.24, 2.45) is 0 Å². The Hall–Kier alpha value is -3.77. The Kier molecular flexibility index (Phi) is 5.75. The van der Waals surface area contributed by atoms with Crippen LogP contribution >= 0.6 is 0 Å². The largest absolute Gasteiger partial charge is 0.482 e. The molecule has 34 heavy (non-hydrogen) atoms. The lowest BCUT2D eigenvalue weighted by molar-refractivity contribution is 0.0995. The maximum absolute atomic E-state index is 13.3. The average molecular weight is 461 g/mol. The van der Waals surface area contributed by atoms with Gasteiger partial charge in [0.15, 0.2) is 0 Å². The summed E-state index contributed by atoms with van der Waals surface area (Å²) in [5, 5.41) is 28.7. The number of rotatable bonds is 5. The Morgan fingerprint density at radius 3 is 2.82 bits per heavy atom. The van der Waals surface area contributed by atoms with Gasteiger partial charge in [0, 0.05) is 23.0 Å². The van der Waals surface area contributed by atoms with Crippen LogP contribution in [0.15, 0.2) is 43.0 Å². The van der Waals surface area contributed by atoms with Crippen LogP contribution in [0.3, 0.4) is 0 Å². The minimum Gasteiger partial charge on any atom is -0.482 e. The third kappa shape index (κ3) is 4.01. The Labute approximate surface area is 196 Å². The summed E-state index contributed by atoms with van der Waals surface area (Å²) in [6.07, 6.45) is 9.06. The molecular formula is C25H25FN6O2. The van der Waals surface area contributed by atoms with Crippen LogP contribution < -0.4 is 4.74 Å². The lowest BCUT2D eigenvalue weighted by Gasteiger charge is -2.27. The number of nitrogens with zero attached hydrogens (tertiary/aromatic N) is 6. The normalized spacial score (nSPS) is 19.1. The highest BCUT2D eigenvalue weighted by Crippen LogP contribution is 2.36. The van der Waals surface area contributed by atoms with Crippen molar-refractivity contribution in [1.29, 1.82) is 5.26 Å². The maximum Gasteiger partial charge on any atom is 0.148 e. The number of aliphatic hydroxyl groups is 1. The van der Waals surface area contributed by atoms with Gasteiger partial charge < -0.3 is 9.84 Å². The molecule has 1 aliphatic carbocycles. The van der Waals surface area contributed by atoms with E-state index in [1.54, 1.807) is 10.6 Å². The van der Waals surface area contributed by atoms with Crippen molar-refractivity contribution in [2.75, 3.05) is 0 Å². The molecule has 9 heteroatoms. The molecule has 3 atom stereocenters. The van der Waals surface area contributed by atoms with Gasteiger partial charge in [-0.3, -0.25) is 9.67 Å². The van der Waals surface area contributed by atoms with E-state index in [2.05, 4.69) is 21.3 Å². The van der Waals surface area contributed by atoms with Crippen LogP contribution in [0.4, 0.5) is 4.39 Å². The number of halogens is 1. The molecule has 0 amide bonds. The number of hydrogen-bond donors (Lipinski definition) is 1. The zero-order chi connectivity index (χ0) is 23.8. The molecule has 4 aromatic rings. The highest BCUT2D eigenvalue weighted by molar-refractivity contribution is 5.76. The molecule has 1 fully saturated rings. The van der Waals surface area contributed by atoms with E-state index in [0.717, 1.165) is 42.3 Å². The van der Waals surface area contributed by atoms with Crippen molar-refractivity contribution >= 4 is 5.52 Å². The first-order chi connectivity index (χ1) is 16.4. The third-order valence-electron chi connectivity index (χ3n) is 6.49. The van der Waals surface area contributed by atoms with Crippen molar-refractivity contribution in [3.63, 3.8) is 0 Å². The van der Waals surface area contributed by atoms with Gasteiger partial charge >= 0.3 is 0 Å². The molecule has 1 saturated carbocycles. The summed E-state index contributed by atoms with van der Waals surface area (Å²) in [6, 6.07) is 7.12. The van der Waals surface area contributed by atoms with Crippen molar-refractivity contribution in [1.82, 2.24) is 24.4 Å². The molecule has 0 aliphatic heterocycles. The Bertz CT molecular complexity index is 1370. The summed E-state index contributed by atoms with van der Waals surface area (Å²) < 4.78 is 23.2. The maximum atomic E-state index is 13.3. The number of pyridine rings is 2. The molecule has 0 spiro atoms. The fraction of sp³-hybridized carbons (Fsp3) is 0.360. The van der Waals surface area contributed by atoms with E-state index < -0.39 is 11.9 Å². The third-order valence-corrected chi connectivity index (χ3v) is 6.49.